The monoisotopic (exact) mass is 639 g/mol. The molecule has 45 heavy (non-hydrogen) atoms. The number of aliphatic hydroxyl groups excluding tert-OH is 1. The Kier molecular flexibility index (Phi) is 34.9. The Hall–Kier alpha value is -1.10. The van der Waals surface area contributed by atoms with E-state index in [4.69, 9.17) is 9.47 Å². The first-order valence-electron chi connectivity index (χ1n) is 20.0. The minimum absolute atomic E-state index is 0.108. The molecule has 0 spiro atoms. The zero-order valence-corrected chi connectivity index (χ0v) is 30.6. The van der Waals surface area contributed by atoms with Gasteiger partial charge < -0.3 is 14.6 Å². The maximum atomic E-state index is 12.0. The van der Waals surface area contributed by atoms with Crippen LogP contribution in [0.3, 0.4) is 0 Å². The molecule has 1 N–H and O–H groups in total. The summed E-state index contributed by atoms with van der Waals surface area (Å²) in [6.45, 7) is 6.70. The maximum absolute atomic E-state index is 12.0. The van der Waals surface area contributed by atoms with Crippen LogP contribution in [-0.4, -0.2) is 36.4 Å². The fourth-order valence-corrected chi connectivity index (χ4v) is 5.95. The third-order valence-electron chi connectivity index (χ3n) is 9.38. The Balaban J connectivity index is 3.34. The molecule has 0 aliphatic rings. The zero-order valence-electron chi connectivity index (χ0n) is 30.6. The maximum Gasteiger partial charge on any atom is 0.305 e. The second-order valence-corrected chi connectivity index (χ2v) is 14.0. The molecule has 0 aliphatic carbocycles. The predicted molar refractivity (Wildman–Crippen MR) is 192 cm³/mol. The van der Waals surface area contributed by atoms with Crippen molar-refractivity contribution in [2.75, 3.05) is 13.2 Å². The first-order valence-corrected chi connectivity index (χ1v) is 20.0. The standard InChI is InChI=1S/C40H78O5/c1-4-6-7-8-9-20-24-27-30-33-39(42)44-35-38(41)36-45-40(43)34-31-28-25-22-19-17-15-13-11-10-12-14-16-18-21-23-26-29-32-37(3)5-2/h37-38,41H,4-36H2,1-3H3/t37?,38-/m0/s1. The van der Waals surface area contributed by atoms with Crippen molar-refractivity contribution < 1.29 is 24.2 Å². The van der Waals surface area contributed by atoms with Crippen molar-refractivity contribution in [3.05, 3.63) is 0 Å². The number of carbonyl (C=O) groups is 2. The number of hydrogen-bond donors (Lipinski definition) is 1. The van der Waals surface area contributed by atoms with E-state index in [-0.39, 0.29) is 25.2 Å². The van der Waals surface area contributed by atoms with Gasteiger partial charge in [-0.05, 0) is 18.8 Å². The average Bonchev–Trinajstić information content (AvgIpc) is 3.04. The zero-order chi connectivity index (χ0) is 33.1. The molecular weight excluding hydrogens is 560 g/mol. The summed E-state index contributed by atoms with van der Waals surface area (Å²) in [6, 6.07) is 0. The average molecular weight is 639 g/mol. The minimum Gasteiger partial charge on any atom is -0.463 e. The highest BCUT2D eigenvalue weighted by Gasteiger charge is 2.12. The minimum atomic E-state index is -0.954. The van der Waals surface area contributed by atoms with E-state index in [1.54, 1.807) is 0 Å². The van der Waals surface area contributed by atoms with Crippen LogP contribution in [0, 0.1) is 5.92 Å². The van der Waals surface area contributed by atoms with E-state index in [0.29, 0.717) is 12.8 Å². The summed E-state index contributed by atoms with van der Waals surface area (Å²) < 4.78 is 10.3. The van der Waals surface area contributed by atoms with E-state index in [1.165, 1.54) is 154 Å². The molecular formula is C40H78O5. The van der Waals surface area contributed by atoms with Gasteiger partial charge in [-0.1, -0.05) is 194 Å². The summed E-state index contributed by atoms with van der Waals surface area (Å²) in [7, 11) is 0. The van der Waals surface area contributed by atoms with Crippen molar-refractivity contribution in [3.63, 3.8) is 0 Å². The van der Waals surface area contributed by atoms with Crippen LogP contribution in [0.25, 0.3) is 0 Å². The summed E-state index contributed by atoms with van der Waals surface area (Å²) in [5.74, 6) is 0.361. The molecule has 0 fully saturated rings. The van der Waals surface area contributed by atoms with Gasteiger partial charge in [-0.15, -0.1) is 0 Å². The highest BCUT2D eigenvalue weighted by molar-refractivity contribution is 5.69. The number of unbranched alkanes of at least 4 members (excludes halogenated alkanes) is 25. The molecule has 0 saturated carbocycles. The van der Waals surface area contributed by atoms with E-state index >= 15 is 0 Å². The lowest BCUT2D eigenvalue weighted by Crippen LogP contribution is -2.25. The summed E-state index contributed by atoms with van der Waals surface area (Å²) in [5, 5.41) is 9.97. The van der Waals surface area contributed by atoms with Gasteiger partial charge in [0.1, 0.15) is 19.3 Å². The molecule has 0 saturated heterocycles. The molecule has 0 aliphatic heterocycles. The second kappa shape index (κ2) is 35.7. The molecule has 268 valence electrons. The van der Waals surface area contributed by atoms with E-state index in [0.717, 1.165) is 38.0 Å². The second-order valence-electron chi connectivity index (χ2n) is 14.0. The topological polar surface area (TPSA) is 72.8 Å². The van der Waals surface area contributed by atoms with Crippen LogP contribution in [0.15, 0.2) is 0 Å². The van der Waals surface area contributed by atoms with Gasteiger partial charge in [-0.3, -0.25) is 9.59 Å². The molecule has 5 heteroatoms. The molecule has 1 unspecified atom stereocenters. The van der Waals surface area contributed by atoms with Gasteiger partial charge in [0.15, 0.2) is 0 Å². The normalized spacial score (nSPS) is 12.7. The highest BCUT2D eigenvalue weighted by Crippen LogP contribution is 2.17. The third-order valence-corrected chi connectivity index (χ3v) is 9.38. The first-order chi connectivity index (χ1) is 22.0. The summed E-state index contributed by atoms with van der Waals surface area (Å²) >= 11 is 0. The summed E-state index contributed by atoms with van der Waals surface area (Å²) in [6.07, 6.45) is 37.3. The van der Waals surface area contributed by atoms with Crippen molar-refractivity contribution in [2.45, 2.75) is 226 Å². The van der Waals surface area contributed by atoms with Gasteiger partial charge in [-0.2, -0.15) is 0 Å². The number of rotatable bonds is 36. The molecule has 0 bridgehead atoms. The summed E-state index contributed by atoms with van der Waals surface area (Å²) in [5.41, 5.74) is 0. The van der Waals surface area contributed by atoms with E-state index in [9.17, 15) is 14.7 Å². The first kappa shape index (κ1) is 43.9. The van der Waals surface area contributed by atoms with Crippen LogP contribution in [0.2, 0.25) is 0 Å². The van der Waals surface area contributed by atoms with Crippen molar-refractivity contribution in [2.24, 2.45) is 5.92 Å². The molecule has 0 aromatic carbocycles. The fourth-order valence-electron chi connectivity index (χ4n) is 5.95. The van der Waals surface area contributed by atoms with Crippen molar-refractivity contribution >= 4 is 11.9 Å². The highest BCUT2D eigenvalue weighted by atomic mass is 16.6. The quantitative estimate of drug-likeness (QED) is 0.0546. The van der Waals surface area contributed by atoms with Crippen LogP contribution >= 0.6 is 0 Å². The molecule has 0 aromatic heterocycles. The lowest BCUT2D eigenvalue weighted by Gasteiger charge is -2.12. The van der Waals surface area contributed by atoms with Gasteiger partial charge in [-0.25, -0.2) is 0 Å². The smallest absolute Gasteiger partial charge is 0.305 e. The molecule has 2 atom stereocenters. The fraction of sp³-hybridized carbons (Fsp3) is 0.950. The van der Waals surface area contributed by atoms with E-state index < -0.39 is 6.10 Å². The number of esters is 2. The van der Waals surface area contributed by atoms with Crippen LogP contribution in [0.4, 0.5) is 0 Å². The van der Waals surface area contributed by atoms with E-state index in [2.05, 4.69) is 20.8 Å². The van der Waals surface area contributed by atoms with Gasteiger partial charge in [0, 0.05) is 12.8 Å². The van der Waals surface area contributed by atoms with Crippen molar-refractivity contribution in [3.8, 4) is 0 Å². The lowest BCUT2D eigenvalue weighted by molar-refractivity contribution is -0.152. The SMILES string of the molecule is CCCCCCCCCCCC(=O)OC[C@H](O)COC(=O)CCCCCCCCCCCCCCCCCCCCC(C)CC. The van der Waals surface area contributed by atoms with Crippen LogP contribution < -0.4 is 0 Å². The van der Waals surface area contributed by atoms with Crippen LogP contribution in [0.5, 0.6) is 0 Å². The van der Waals surface area contributed by atoms with E-state index in [1.807, 2.05) is 0 Å². The molecule has 0 aromatic rings. The molecule has 0 rings (SSSR count). The Labute approximate surface area is 280 Å². The molecule has 0 radical (unpaired) electrons. The molecule has 5 nitrogen and oxygen atoms in total. The van der Waals surface area contributed by atoms with Crippen LogP contribution in [0.1, 0.15) is 220 Å². The van der Waals surface area contributed by atoms with Gasteiger partial charge in [0.05, 0.1) is 0 Å². The Morgan fingerprint density at radius 2 is 0.756 bits per heavy atom. The Bertz CT molecular complexity index is 622. The van der Waals surface area contributed by atoms with Crippen molar-refractivity contribution in [1.29, 1.82) is 0 Å². The summed E-state index contributed by atoms with van der Waals surface area (Å²) in [4.78, 5) is 23.8. The van der Waals surface area contributed by atoms with Crippen LogP contribution in [-0.2, 0) is 19.1 Å². The van der Waals surface area contributed by atoms with Crippen molar-refractivity contribution in [1.82, 2.24) is 0 Å². The van der Waals surface area contributed by atoms with Gasteiger partial charge >= 0.3 is 11.9 Å². The third kappa shape index (κ3) is 35.6. The number of carbonyl (C=O) groups excluding carboxylic acids is 2. The molecule has 0 amide bonds. The largest absolute Gasteiger partial charge is 0.463 e. The lowest BCUT2D eigenvalue weighted by atomic mass is 9.99. The number of ether oxygens (including phenoxy) is 2. The predicted octanol–water partition coefficient (Wildman–Crippen LogP) is 12.2. The Morgan fingerprint density at radius 1 is 0.467 bits per heavy atom. The number of hydrogen-bond acceptors (Lipinski definition) is 5. The number of aliphatic hydroxyl groups is 1. The van der Waals surface area contributed by atoms with Gasteiger partial charge in [0.25, 0.3) is 0 Å². The van der Waals surface area contributed by atoms with Gasteiger partial charge in [0.2, 0.25) is 0 Å². The molecule has 0 heterocycles. The Morgan fingerprint density at radius 3 is 1.07 bits per heavy atom.